The van der Waals surface area contributed by atoms with Gasteiger partial charge in [-0.25, -0.2) is 0 Å². The van der Waals surface area contributed by atoms with Gasteiger partial charge in [0.25, 0.3) is 0 Å². The van der Waals surface area contributed by atoms with E-state index in [1.54, 1.807) is 0 Å². The average molecular weight is 255 g/mol. The number of hydrogen-bond acceptors (Lipinski definition) is 3. The van der Waals surface area contributed by atoms with E-state index in [2.05, 4.69) is 5.32 Å². The zero-order valence-corrected chi connectivity index (χ0v) is 9.90. The Labute approximate surface area is 101 Å². The Bertz CT molecular complexity index is 419. The van der Waals surface area contributed by atoms with Gasteiger partial charge in [-0.15, -0.1) is 0 Å². The zero-order chi connectivity index (χ0) is 12.7. The lowest BCUT2D eigenvalue weighted by molar-refractivity contribution is -0.133. The second kappa shape index (κ2) is 6.80. The van der Waals surface area contributed by atoms with Crippen molar-refractivity contribution in [1.29, 1.82) is 0 Å². The molecule has 0 fully saturated rings. The van der Waals surface area contributed by atoms with Crippen molar-refractivity contribution in [2.24, 2.45) is 0 Å². The summed E-state index contributed by atoms with van der Waals surface area (Å²) in [6.07, 6.45) is 0. The lowest BCUT2D eigenvalue weighted by Gasteiger charge is -2.04. The number of amides is 1. The Kier molecular flexibility index (Phi) is 5.35. The molecule has 0 radical (unpaired) electrons. The lowest BCUT2D eigenvalue weighted by Crippen LogP contribution is -2.29. The number of aliphatic carboxylic acids is 1. The summed E-state index contributed by atoms with van der Waals surface area (Å²) in [5.41, 5.74) is 0.935. The van der Waals surface area contributed by atoms with Crippen LogP contribution >= 0.6 is 0 Å². The summed E-state index contributed by atoms with van der Waals surface area (Å²) in [7, 11) is -1.65. The van der Waals surface area contributed by atoms with E-state index in [-0.39, 0.29) is 5.75 Å². The first kappa shape index (κ1) is 13.4. The number of rotatable bonds is 6. The van der Waals surface area contributed by atoms with E-state index >= 15 is 0 Å². The van der Waals surface area contributed by atoms with Gasteiger partial charge < -0.3 is 10.4 Å². The van der Waals surface area contributed by atoms with Gasteiger partial charge in [0.2, 0.25) is 5.91 Å². The maximum Gasteiger partial charge on any atom is 0.316 e. The zero-order valence-electron chi connectivity index (χ0n) is 9.09. The van der Waals surface area contributed by atoms with Crippen LogP contribution in [0.25, 0.3) is 0 Å². The molecule has 5 nitrogen and oxygen atoms in total. The summed E-state index contributed by atoms with van der Waals surface area (Å²) in [6, 6.07) is 9.28. The Hall–Kier alpha value is -1.69. The number of carbonyl (C=O) groups is 2. The molecule has 2 N–H and O–H groups in total. The maximum absolute atomic E-state index is 11.3. The molecule has 0 bridgehead atoms. The SMILES string of the molecule is O=C(O)CS(=O)CC(=O)NCc1ccccc1. The van der Waals surface area contributed by atoms with E-state index in [0.29, 0.717) is 6.54 Å². The molecule has 0 aromatic heterocycles. The largest absolute Gasteiger partial charge is 0.481 e. The Morgan fingerprint density at radius 2 is 1.82 bits per heavy atom. The molecule has 0 saturated heterocycles. The molecule has 1 aromatic rings. The first-order chi connectivity index (χ1) is 8.08. The minimum absolute atomic E-state index is 0.279. The summed E-state index contributed by atoms with van der Waals surface area (Å²) in [4.78, 5) is 21.6. The summed E-state index contributed by atoms with van der Waals surface area (Å²) >= 11 is 0. The van der Waals surface area contributed by atoms with Crippen molar-refractivity contribution in [2.75, 3.05) is 11.5 Å². The predicted octanol–water partition coefficient (Wildman–Crippen LogP) is 0.136. The second-order valence-corrected chi connectivity index (χ2v) is 4.84. The molecule has 0 spiro atoms. The number of hydrogen-bond donors (Lipinski definition) is 2. The van der Waals surface area contributed by atoms with Gasteiger partial charge in [0.15, 0.2) is 0 Å². The van der Waals surface area contributed by atoms with Gasteiger partial charge in [-0.1, -0.05) is 30.3 Å². The van der Waals surface area contributed by atoms with Crippen LogP contribution in [-0.2, 0) is 26.9 Å². The molecule has 6 heteroatoms. The van der Waals surface area contributed by atoms with Crippen LogP contribution in [-0.4, -0.2) is 32.7 Å². The smallest absolute Gasteiger partial charge is 0.316 e. The molecule has 1 aromatic carbocycles. The van der Waals surface area contributed by atoms with Crippen molar-refractivity contribution in [2.45, 2.75) is 6.54 Å². The third-order valence-corrected chi connectivity index (χ3v) is 3.06. The van der Waals surface area contributed by atoms with Crippen molar-refractivity contribution < 1.29 is 18.9 Å². The summed E-state index contributed by atoms with van der Waals surface area (Å²) < 4.78 is 11.1. The number of carboxylic acids is 1. The van der Waals surface area contributed by atoms with Crippen molar-refractivity contribution in [1.82, 2.24) is 5.32 Å². The minimum atomic E-state index is -1.65. The van der Waals surface area contributed by atoms with Crippen molar-refractivity contribution in [3.8, 4) is 0 Å². The number of carbonyl (C=O) groups excluding carboxylic acids is 1. The van der Waals surface area contributed by atoms with Crippen LogP contribution < -0.4 is 5.32 Å². The van der Waals surface area contributed by atoms with Gasteiger partial charge >= 0.3 is 5.97 Å². The normalized spacial score (nSPS) is 11.8. The molecule has 1 rings (SSSR count). The van der Waals surface area contributed by atoms with Crippen molar-refractivity contribution >= 4 is 22.7 Å². The second-order valence-electron chi connectivity index (χ2n) is 3.38. The third-order valence-electron chi connectivity index (χ3n) is 1.91. The highest BCUT2D eigenvalue weighted by Gasteiger charge is 2.10. The average Bonchev–Trinajstić information content (AvgIpc) is 2.26. The molecule has 0 heterocycles. The molecule has 0 aliphatic heterocycles. The van der Waals surface area contributed by atoms with Crippen LogP contribution in [0.15, 0.2) is 30.3 Å². The van der Waals surface area contributed by atoms with E-state index in [0.717, 1.165) is 5.56 Å². The van der Waals surface area contributed by atoms with E-state index in [4.69, 9.17) is 5.11 Å². The van der Waals surface area contributed by atoms with Gasteiger partial charge in [-0.2, -0.15) is 0 Å². The van der Waals surface area contributed by atoms with E-state index in [9.17, 15) is 13.8 Å². The highest BCUT2D eigenvalue weighted by Crippen LogP contribution is 1.97. The fraction of sp³-hybridized carbons (Fsp3) is 0.273. The van der Waals surface area contributed by atoms with Gasteiger partial charge in [0.1, 0.15) is 11.5 Å². The highest BCUT2D eigenvalue weighted by atomic mass is 32.2. The molecule has 1 unspecified atom stereocenters. The van der Waals surface area contributed by atoms with Gasteiger partial charge in [0, 0.05) is 17.3 Å². The van der Waals surface area contributed by atoms with Crippen LogP contribution in [0, 0.1) is 0 Å². The van der Waals surface area contributed by atoms with Gasteiger partial charge in [0.05, 0.1) is 0 Å². The number of carboxylic acid groups (broad SMARTS) is 1. The van der Waals surface area contributed by atoms with E-state index in [1.807, 2.05) is 30.3 Å². The van der Waals surface area contributed by atoms with E-state index in [1.165, 1.54) is 0 Å². The van der Waals surface area contributed by atoms with Crippen molar-refractivity contribution in [3.63, 3.8) is 0 Å². The Morgan fingerprint density at radius 1 is 1.18 bits per heavy atom. The number of nitrogens with one attached hydrogen (secondary N) is 1. The van der Waals surface area contributed by atoms with Gasteiger partial charge in [-0.05, 0) is 5.56 Å². The van der Waals surface area contributed by atoms with Crippen LogP contribution in [0.4, 0.5) is 0 Å². The molecule has 0 aliphatic rings. The molecular formula is C11H13NO4S. The van der Waals surface area contributed by atoms with E-state index < -0.39 is 28.4 Å². The molecule has 0 aliphatic carbocycles. The summed E-state index contributed by atoms with van der Waals surface area (Å²) in [5.74, 6) is -2.36. The van der Waals surface area contributed by atoms with Crippen LogP contribution in [0.1, 0.15) is 5.56 Å². The van der Waals surface area contributed by atoms with Crippen molar-refractivity contribution in [3.05, 3.63) is 35.9 Å². The summed E-state index contributed by atoms with van der Waals surface area (Å²) in [6.45, 7) is 0.351. The topological polar surface area (TPSA) is 83.5 Å². The highest BCUT2D eigenvalue weighted by molar-refractivity contribution is 7.86. The fourth-order valence-corrected chi connectivity index (χ4v) is 1.95. The van der Waals surface area contributed by atoms with Gasteiger partial charge in [-0.3, -0.25) is 13.8 Å². The standard InChI is InChI=1S/C11H13NO4S/c13-10(7-17(16)8-11(14)15)12-6-9-4-2-1-3-5-9/h1-5H,6-8H2,(H,12,13)(H,14,15). The Morgan fingerprint density at radius 3 is 2.41 bits per heavy atom. The Balaban J connectivity index is 2.31. The molecular weight excluding hydrogens is 242 g/mol. The van der Waals surface area contributed by atoms with Crippen LogP contribution in [0.3, 0.4) is 0 Å². The summed E-state index contributed by atoms with van der Waals surface area (Å²) in [5, 5.41) is 11.0. The molecule has 1 atom stereocenters. The van der Waals surface area contributed by atoms with Crippen LogP contribution in [0.2, 0.25) is 0 Å². The first-order valence-corrected chi connectivity index (χ1v) is 6.44. The molecule has 17 heavy (non-hydrogen) atoms. The molecule has 92 valence electrons. The van der Waals surface area contributed by atoms with Crippen LogP contribution in [0.5, 0.6) is 0 Å². The molecule has 1 amide bonds. The lowest BCUT2D eigenvalue weighted by atomic mass is 10.2. The monoisotopic (exact) mass is 255 g/mol. The predicted molar refractivity (Wildman–Crippen MR) is 63.8 cm³/mol. The fourth-order valence-electron chi connectivity index (χ4n) is 1.18. The quantitative estimate of drug-likeness (QED) is 0.757. The maximum atomic E-state index is 11.3. The number of benzene rings is 1. The first-order valence-electron chi connectivity index (χ1n) is 4.95. The molecule has 0 saturated carbocycles. The third kappa shape index (κ3) is 5.82. The minimum Gasteiger partial charge on any atom is -0.481 e.